The first-order chi connectivity index (χ1) is 17.5. The summed E-state index contributed by atoms with van der Waals surface area (Å²) in [5.41, 5.74) is 4.51. The summed E-state index contributed by atoms with van der Waals surface area (Å²) in [6.45, 7) is 2.41. The number of benzene rings is 2. The first kappa shape index (κ1) is 23.7. The molecule has 1 amide bonds. The minimum absolute atomic E-state index is 0.0858. The minimum atomic E-state index is -0.288. The molecular weight excluding hydrogens is 473 g/mol. The van der Waals surface area contributed by atoms with E-state index in [-0.39, 0.29) is 30.2 Å². The van der Waals surface area contributed by atoms with Gasteiger partial charge in [0.15, 0.2) is 5.11 Å². The smallest absolute Gasteiger partial charge is 0.226 e. The molecule has 0 saturated carbocycles. The fourth-order valence-electron chi connectivity index (χ4n) is 4.61. The maximum atomic E-state index is 13.6. The fourth-order valence-corrected chi connectivity index (χ4v) is 4.94. The Balaban J connectivity index is 1.44. The van der Waals surface area contributed by atoms with Gasteiger partial charge in [0.2, 0.25) is 5.91 Å². The second-order valence-corrected chi connectivity index (χ2v) is 9.15. The average molecular weight is 500 g/mol. The first-order valence-corrected chi connectivity index (χ1v) is 12.2. The molecule has 2 atom stereocenters. The number of carbonyl (C=O) groups is 1. The molecule has 0 unspecified atom stereocenters. The maximum absolute atomic E-state index is 13.6. The zero-order valence-electron chi connectivity index (χ0n) is 19.8. The van der Waals surface area contributed by atoms with Crippen molar-refractivity contribution in [2.24, 2.45) is 0 Å². The van der Waals surface area contributed by atoms with Crippen molar-refractivity contribution in [3.63, 3.8) is 0 Å². The number of aromatic nitrogens is 2. The highest BCUT2D eigenvalue weighted by atomic mass is 32.1. The predicted molar refractivity (Wildman–Crippen MR) is 142 cm³/mol. The molecule has 1 saturated heterocycles. The van der Waals surface area contributed by atoms with Gasteiger partial charge in [0, 0.05) is 42.4 Å². The number of hydrogen-bond acceptors (Lipinski definition) is 3. The summed E-state index contributed by atoms with van der Waals surface area (Å²) in [7, 11) is 0. The Hall–Kier alpha value is -4.04. The lowest BCUT2D eigenvalue weighted by Crippen LogP contribution is -2.33. The highest BCUT2D eigenvalue weighted by Gasteiger charge is 2.41. The Kier molecular flexibility index (Phi) is 6.77. The van der Waals surface area contributed by atoms with E-state index in [1.165, 1.54) is 12.1 Å². The number of hydrogen-bond donors (Lipinski definition) is 2. The van der Waals surface area contributed by atoms with Gasteiger partial charge in [0.1, 0.15) is 5.82 Å². The molecule has 5 rings (SSSR count). The van der Waals surface area contributed by atoms with E-state index in [1.54, 1.807) is 18.3 Å². The summed E-state index contributed by atoms with van der Waals surface area (Å²) in [6.07, 6.45) is 3.97. The summed E-state index contributed by atoms with van der Waals surface area (Å²) in [6, 6.07) is 23.4. The fraction of sp³-hybridized carbons (Fsp3) is 0.179. The molecule has 8 heteroatoms. The van der Waals surface area contributed by atoms with E-state index in [2.05, 4.69) is 15.6 Å². The number of pyridine rings is 1. The monoisotopic (exact) mass is 499 g/mol. The SMILES string of the molecule is Cc1cccc(NC(=O)CCN2C(=S)N[C@@H](c3ccccn3)[C@H]2c2cccn2-c2ccc(F)cc2)c1. The lowest BCUT2D eigenvalue weighted by Gasteiger charge is -2.28. The standard InChI is InChI=1S/C28H26FN5OS/c1-19-6-4-7-21(18-19)31-25(35)14-17-34-27(26(32-28(34)36)23-8-2-3-15-30-23)24-9-5-16-33(24)22-12-10-20(29)11-13-22/h2-13,15-16,18,26-27H,14,17H2,1H3,(H,31,35)(H,32,36)/t26-,27+/m0/s1. The number of aryl methyl sites for hydroxylation is 1. The van der Waals surface area contributed by atoms with Crippen molar-refractivity contribution in [3.8, 4) is 5.69 Å². The van der Waals surface area contributed by atoms with Gasteiger partial charge in [-0.3, -0.25) is 9.78 Å². The highest BCUT2D eigenvalue weighted by Crippen LogP contribution is 2.39. The van der Waals surface area contributed by atoms with Crippen LogP contribution in [0, 0.1) is 12.7 Å². The van der Waals surface area contributed by atoms with Crippen molar-refractivity contribution in [1.82, 2.24) is 19.8 Å². The summed E-state index contributed by atoms with van der Waals surface area (Å²) < 4.78 is 15.6. The predicted octanol–water partition coefficient (Wildman–Crippen LogP) is 5.32. The molecule has 6 nitrogen and oxygen atoms in total. The van der Waals surface area contributed by atoms with E-state index in [1.807, 2.05) is 77.2 Å². The van der Waals surface area contributed by atoms with E-state index in [0.29, 0.717) is 11.7 Å². The summed E-state index contributed by atoms with van der Waals surface area (Å²) >= 11 is 5.74. The van der Waals surface area contributed by atoms with Gasteiger partial charge in [-0.1, -0.05) is 18.2 Å². The molecule has 1 aliphatic heterocycles. The Morgan fingerprint density at radius 2 is 1.92 bits per heavy atom. The Morgan fingerprint density at radius 1 is 1.08 bits per heavy atom. The maximum Gasteiger partial charge on any atom is 0.226 e. The number of nitrogens with zero attached hydrogens (tertiary/aromatic N) is 3. The molecule has 0 bridgehead atoms. The molecular formula is C28H26FN5OS. The van der Waals surface area contributed by atoms with Crippen LogP contribution in [-0.2, 0) is 4.79 Å². The van der Waals surface area contributed by atoms with Gasteiger partial charge in [0.25, 0.3) is 0 Å². The van der Waals surface area contributed by atoms with E-state index in [9.17, 15) is 9.18 Å². The minimum Gasteiger partial charge on any atom is -0.352 e. The molecule has 2 aromatic heterocycles. The zero-order valence-corrected chi connectivity index (χ0v) is 20.6. The van der Waals surface area contributed by atoms with Crippen molar-refractivity contribution in [3.05, 3.63) is 114 Å². The van der Waals surface area contributed by atoms with E-state index in [4.69, 9.17) is 12.2 Å². The molecule has 0 spiro atoms. The second kappa shape index (κ2) is 10.3. The Bertz CT molecular complexity index is 1370. The van der Waals surface area contributed by atoms with Crippen molar-refractivity contribution < 1.29 is 9.18 Å². The lowest BCUT2D eigenvalue weighted by atomic mass is 10.0. The van der Waals surface area contributed by atoms with Crippen LogP contribution in [0.4, 0.5) is 10.1 Å². The molecule has 3 heterocycles. The van der Waals surface area contributed by atoms with E-state index >= 15 is 0 Å². The van der Waals surface area contributed by atoms with Crippen LogP contribution in [0.3, 0.4) is 0 Å². The number of amides is 1. The van der Waals surface area contributed by atoms with Gasteiger partial charge in [0.05, 0.1) is 17.8 Å². The number of thiocarbonyl (C=S) groups is 1. The molecule has 2 aromatic carbocycles. The van der Waals surface area contributed by atoms with E-state index in [0.717, 1.165) is 28.3 Å². The van der Waals surface area contributed by atoms with Crippen molar-refractivity contribution in [1.29, 1.82) is 0 Å². The van der Waals surface area contributed by atoms with Gasteiger partial charge in [-0.25, -0.2) is 4.39 Å². The topological polar surface area (TPSA) is 62.2 Å². The molecule has 0 aliphatic carbocycles. The largest absolute Gasteiger partial charge is 0.352 e. The van der Waals surface area contributed by atoms with Crippen molar-refractivity contribution in [2.75, 3.05) is 11.9 Å². The second-order valence-electron chi connectivity index (χ2n) is 8.77. The van der Waals surface area contributed by atoms with Gasteiger partial charge < -0.3 is 20.1 Å². The van der Waals surface area contributed by atoms with Gasteiger partial charge >= 0.3 is 0 Å². The lowest BCUT2D eigenvalue weighted by molar-refractivity contribution is -0.116. The normalized spacial score (nSPS) is 17.2. The molecule has 1 fully saturated rings. The first-order valence-electron chi connectivity index (χ1n) is 11.8. The quantitative estimate of drug-likeness (QED) is 0.337. The van der Waals surface area contributed by atoms with Crippen LogP contribution >= 0.6 is 12.2 Å². The molecule has 36 heavy (non-hydrogen) atoms. The third-order valence-corrected chi connectivity index (χ3v) is 6.62. The molecule has 4 aromatic rings. The number of halogens is 1. The molecule has 1 aliphatic rings. The molecule has 2 N–H and O–H groups in total. The van der Waals surface area contributed by atoms with Gasteiger partial charge in [-0.2, -0.15) is 0 Å². The number of rotatable bonds is 7. The highest BCUT2D eigenvalue weighted by molar-refractivity contribution is 7.80. The third-order valence-electron chi connectivity index (χ3n) is 6.27. The zero-order chi connectivity index (χ0) is 25.1. The number of carbonyl (C=O) groups excluding carboxylic acids is 1. The van der Waals surface area contributed by atoms with Gasteiger partial charge in [-0.05, 0) is 85.4 Å². The number of anilines is 1. The average Bonchev–Trinajstić information content (AvgIpc) is 3.48. The van der Waals surface area contributed by atoms with E-state index < -0.39 is 0 Å². The van der Waals surface area contributed by atoms with Crippen LogP contribution in [0.25, 0.3) is 5.69 Å². The van der Waals surface area contributed by atoms with Crippen LogP contribution in [0.5, 0.6) is 0 Å². The summed E-state index contributed by atoms with van der Waals surface area (Å²) in [5.74, 6) is -0.374. The molecule has 0 radical (unpaired) electrons. The van der Waals surface area contributed by atoms with Crippen LogP contribution in [0.2, 0.25) is 0 Å². The Labute approximate surface area is 214 Å². The summed E-state index contributed by atoms with van der Waals surface area (Å²) in [5, 5.41) is 6.95. The van der Waals surface area contributed by atoms with Crippen LogP contribution in [0.15, 0.2) is 91.3 Å². The molecule has 182 valence electrons. The van der Waals surface area contributed by atoms with Crippen LogP contribution in [-0.4, -0.2) is 32.0 Å². The number of nitrogens with one attached hydrogen (secondary N) is 2. The third kappa shape index (κ3) is 4.99. The van der Waals surface area contributed by atoms with Gasteiger partial charge in [-0.15, -0.1) is 0 Å². The van der Waals surface area contributed by atoms with Crippen molar-refractivity contribution >= 4 is 28.9 Å². The summed E-state index contributed by atoms with van der Waals surface area (Å²) in [4.78, 5) is 19.4. The van der Waals surface area contributed by atoms with Crippen LogP contribution in [0.1, 0.15) is 35.5 Å². The van der Waals surface area contributed by atoms with Crippen molar-refractivity contribution in [2.45, 2.75) is 25.4 Å². The van der Waals surface area contributed by atoms with Crippen LogP contribution < -0.4 is 10.6 Å². The Morgan fingerprint density at radius 3 is 2.67 bits per heavy atom.